The van der Waals surface area contributed by atoms with Crippen LogP contribution in [-0.2, 0) is 20.7 Å². The van der Waals surface area contributed by atoms with Gasteiger partial charge in [0, 0.05) is 5.54 Å². The third kappa shape index (κ3) is 3.87. The van der Waals surface area contributed by atoms with Gasteiger partial charge >= 0.3 is 5.97 Å². The van der Waals surface area contributed by atoms with Crippen LogP contribution in [0.25, 0.3) is 0 Å². The van der Waals surface area contributed by atoms with E-state index in [0.29, 0.717) is 18.7 Å². The number of likely N-dealkylation sites (N-methyl/N-ethyl adjacent to an activating group) is 1. The number of hydrogen-bond acceptors (Lipinski definition) is 6. The number of carbonyl (C=O) groups excluding carboxylic acids is 2. The van der Waals surface area contributed by atoms with Crippen molar-refractivity contribution in [1.82, 2.24) is 5.32 Å². The van der Waals surface area contributed by atoms with E-state index in [0.717, 1.165) is 5.56 Å². The summed E-state index contributed by atoms with van der Waals surface area (Å²) < 4.78 is 10.2. The van der Waals surface area contributed by atoms with Crippen LogP contribution in [0.4, 0.5) is 0 Å². The highest BCUT2D eigenvalue weighted by atomic mass is 16.5. The van der Waals surface area contributed by atoms with Gasteiger partial charge in [-0.15, -0.1) is 0 Å². The Hall–Kier alpha value is -2.08. The van der Waals surface area contributed by atoms with Gasteiger partial charge in [-0.05, 0) is 51.4 Å². The second-order valence-electron chi connectivity index (χ2n) is 6.02. The molecule has 0 aliphatic carbocycles. The molecule has 24 heavy (non-hydrogen) atoms. The van der Waals surface area contributed by atoms with Crippen LogP contribution in [0.15, 0.2) is 24.3 Å². The van der Waals surface area contributed by atoms with Gasteiger partial charge in [0.25, 0.3) is 0 Å². The first kappa shape index (κ1) is 20.0. The van der Waals surface area contributed by atoms with Crippen molar-refractivity contribution in [3.8, 4) is 5.75 Å². The summed E-state index contributed by atoms with van der Waals surface area (Å²) in [6, 6.07) is 7.30. The number of benzene rings is 1. The van der Waals surface area contributed by atoms with Gasteiger partial charge in [-0.2, -0.15) is 0 Å². The molecule has 0 aliphatic rings. The zero-order valence-electron chi connectivity index (χ0n) is 15.0. The first-order chi connectivity index (χ1) is 11.2. The molecule has 0 heterocycles. The maximum absolute atomic E-state index is 12.4. The SMILES string of the molecule is CCNC(C)(Cc1cccc(OC)c1)C(C)(C(=O)[O-])C(=O)OCC. The molecule has 6 heteroatoms. The fourth-order valence-corrected chi connectivity index (χ4v) is 2.81. The summed E-state index contributed by atoms with van der Waals surface area (Å²) in [7, 11) is 1.56. The van der Waals surface area contributed by atoms with Crippen LogP contribution in [0.3, 0.4) is 0 Å². The lowest BCUT2D eigenvalue weighted by Crippen LogP contribution is -2.66. The molecule has 0 aromatic heterocycles. The van der Waals surface area contributed by atoms with Gasteiger partial charge < -0.3 is 24.7 Å². The molecule has 1 aromatic carbocycles. The van der Waals surface area contributed by atoms with Gasteiger partial charge in [0.1, 0.15) is 11.2 Å². The number of carbonyl (C=O) groups is 2. The van der Waals surface area contributed by atoms with Crippen LogP contribution >= 0.6 is 0 Å². The molecule has 134 valence electrons. The number of aliphatic carboxylic acids is 1. The molecule has 2 unspecified atom stereocenters. The maximum Gasteiger partial charge on any atom is 0.319 e. The van der Waals surface area contributed by atoms with Gasteiger partial charge in [0.15, 0.2) is 0 Å². The summed E-state index contributed by atoms with van der Waals surface area (Å²) in [5, 5.41) is 15.0. The minimum atomic E-state index is -1.85. The summed E-state index contributed by atoms with van der Waals surface area (Å²) in [5.41, 5.74) is -2.10. The Kier molecular flexibility index (Phi) is 6.78. The number of nitrogens with one attached hydrogen (secondary N) is 1. The highest BCUT2D eigenvalue weighted by Crippen LogP contribution is 2.36. The normalized spacial score (nSPS) is 15.9. The second kappa shape index (κ2) is 8.15. The molecule has 0 radical (unpaired) electrons. The molecular formula is C18H26NO5-. The number of carboxylic acids is 1. The van der Waals surface area contributed by atoms with E-state index in [4.69, 9.17) is 9.47 Å². The molecule has 0 saturated heterocycles. The van der Waals surface area contributed by atoms with E-state index >= 15 is 0 Å². The largest absolute Gasteiger partial charge is 0.549 e. The minimum absolute atomic E-state index is 0.100. The average molecular weight is 336 g/mol. The molecule has 1 rings (SSSR count). The van der Waals surface area contributed by atoms with E-state index < -0.39 is 22.9 Å². The first-order valence-corrected chi connectivity index (χ1v) is 8.01. The highest BCUT2D eigenvalue weighted by Gasteiger charge is 2.52. The minimum Gasteiger partial charge on any atom is -0.549 e. The molecule has 6 nitrogen and oxygen atoms in total. The summed E-state index contributed by atoms with van der Waals surface area (Å²) in [4.78, 5) is 24.3. The molecule has 1 aromatic rings. The number of ether oxygens (including phenoxy) is 2. The average Bonchev–Trinajstić information content (AvgIpc) is 2.54. The Morgan fingerprint density at radius 3 is 2.42 bits per heavy atom. The first-order valence-electron chi connectivity index (χ1n) is 8.01. The summed E-state index contributed by atoms with van der Waals surface area (Å²) in [5.74, 6) is -1.61. The van der Waals surface area contributed by atoms with Crippen molar-refractivity contribution in [1.29, 1.82) is 0 Å². The van der Waals surface area contributed by atoms with Crippen molar-refractivity contribution >= 4 is 11.9 Å². The Morgan fingerprint density at radius 1 is 1.25 bits per heavy atom. The smallest absolute Gasteiger partial charge is 0.319 e. The van der Waals surface area contributed by atoms with Gasteiger partial charge in [-0.25, -0.2) is 0 Å². The number of methoxy groups -OCH3 is 1. The van der Waals surface area contributed by atoms with Crippen LogP contribution in [0.2, 0.25) is 0 Å². The third-order valence-corrected chi connectivity index (χ3v) is 4.45. The Morgan fingerprint density at radius 2 is 1.92 bits per heavy atom. The topological polar surface area (TPSA) is 87.7 Å². The number of rotatable bonds is 9. The molecule has 1 N–H and O–H groups in total. The van der Waals surface area contributed by atoms with E-state index in [1.54, 1.807) is 27.0 Å². The van der Waals surface area contributed by atoms with Crippen molar-refractivity contribution in [3.63, 3.8) is 0 Å². The van der Waals surface area contributed by atoms with E-state index in [1.807, 2.05) is 25.1 Å². The van der Waals surface area contributed by atoms with E-state index in [-0.39, 0.29) is 6.61 Å². The van der Waals surface area contributed by atoms with Crippen molar-refractivity contribution in [2.75, 3.05) is 20.3 Å². The van der Waals surface area contributed by atoms with Crippen molar-refractivity contribution in [2.24, 2.45) is 5.41 Å². The van der Waals surface area contributed by atoms with Crippen molar-refractivity contribution in [2.45, 2.75) is 39.7 Å². The van der Waals surface area contributed by atoms with Gasteiger partial charge in [-0.1, -0.05) is 19.1 Å². The molecule has 2 atom stereocenters. The molecule has 0 fully saturated rings. The highest BCUT2D eigenvalue weighted by molar-refractivity contribution is 5.99. The lowest BCUT2D eigenvalue weighted by molar-refractivity contribution is -0.320. The van der Waals surface area contributed by atoms with Crippen molar-refractivity contribution in [3.05, 3.63) is 29.8 Å². The van der Waals surface area contributed by atoms with Crippen LogP contribution in [-0.4, -0.2) is 37.7 Å². The molecule has 0 bridgehead atoms. The fraction of sp³-hybridized carbons (Fsp3) is 0.556. The van der Waals surface area contributed by atoms with E-state index in [9.17, 15) is 14.7 Å². The Balaban J connectivity index is 3.33. The van der Waals surface area contributed by atoms with Crippen molar-refractivity contribution < 1.29 is 24.2 Å². The zero-order chi connectivity index (χ0) is 18.4. The zero-order valence-corrected chi connectivity index (χ0v) is 15.0. The molecular weight excluding hydrogens is 310 g/mol. The number of esters is 1. The van der Waals surface area contributed by atoms with Crippen LogP contribution in [0.1, 0.15) is 33.3 Å². The molecule has 0 aliphatic heterocycles. The summed E-state index contributed by atoms with van der Waals surface area (Å²) >= 11 is 0. The number of hydrogen-bond donors (Lipinski definition) is 1. The maximum atomic E-state index is 12.4. The standard InChI is InChI=1S/C18H27NO5/c1-6-19-17(3,12-13-9-8-10-14(11-13)23-5)18(4,15(20)21)16(22)24-7-2/h8-11,19H,6-7,12H2,1-5H3,(H,20,21)/p-1. The third-order valence-electron chi connectivity index (χ3n) is 4.45. The van der Waals surface area contributed by atoms with Crippen LogP contribution in [0.5, 0.6) is 5.75 Å². The quantitative estimate of drug-likeness (QED) is 0.533. The lowest BCUT2D eigenvalue weighted by Gasteiger charge is -2.45. The van der Waals surface area contributed by atoms with Gasteiger partial charge in [-0.3, -0.25) is 4.79 Å². The predicted octanol–water partition coefficient (Wildman–Crippen LogP) is 0.925. The van der Waals surface area contributed by atoms with Crippen LogP contribution in [0, 0.1) is 5.41 Å². The summed E-state index contributed by atoms with van der Waals surface area (Å²) in [6.45, 7) is 7.13. The lowest BCUT2D eigenvalue weighted by atomic mass is 9.68. The molecule has 0 amide bonds. The Labute approximate surface area is 143 Å². The predicted molar refractivity (Wildman–Crippen MR) is 88.5 cm³/mol. The van der Waals surface area contributed by atoms with E-state index in [1.165, 1.54) is 6.92 Å². The molecule has 0 saturated carbocycles. The summed E-state index contributed by atoms with van der Waals surface area (Å²) in [6.07, 6.45) is 0.293. The van der Waals surface area contributed by atoms with E-state index in [2.05, 4.69) is 5.32 Å². The van der Waals surface area contributed by atoms with Gasteiger partial charge in [0.05, 0.1) is 19.7 Å². The number of carboxylic acid groups (broad SMARTS) is 1. The monoisotopic (exact) mass is 336 g/mol. The second-order valence-corrected chi connectivity index (χ2v) is 6.02. The fourth-order valence-electron chi connectivity index (χ4n) is 2.81. The Bertz CT molecular complexity index is 589. The van der Waals surface area contributed by atoms with Gasteiger partial charge in [0.2, 0.25) is 0 Å². The van der Waals surface area contributed by atoms with Crippen LogP contribution < -0.4 is 15.2 Å². The molecule has 0 spiro atoms.